The van der Waals surface area contributed by atoms with Crippen LogP contribution in [0.15, 0.2) is 23.2 Å². The summed E-state index contributed by atoms with van der Waals surface area (Å²) in [4.78, 5) is 6.28. The van der Waals surface area contributed by atoms with Gasteiger partial charge in [-0.3, -0.25) is 4.99 Å². The molecule has 1 aliphatic heterocycles. The zero-order valence-electron chi connectivity index (χ0n) is 13.4. The summed E-state index contributed by atoms with van der Waals surface area (Å²) >= 11 is 0. The lowest BCUT2D eigenvalue weighted by Gasteiger charge is -2.33. The molecule has 1 saturated heterocycles. The summed E-state index contributed by atoms with van der Waals surface area (Å²) in [5.74, 6) is 0.582. The van der Waals surface area contributed by atoms with E-state index in [1.807, 2.05) is 0 Å². The third-order valence-electron chi connectivity index (χ3n) is 4.01. The number of rotatable bonds is 4. The summed E-state index contributed by atoms with van der Waals surface area (Å²) in [6.45, 7) is 1.00. The second-order valence-electron chi connectivity index (χ2n) is 5.67. The third-order valence-corrected chi connectivity index (χ3v) is 4.01. The van der Waals surface area contributed by atoms with E-state index in [4.69, 9.17) is 0 Å². The molecule has 128 valence electrons. The van der Waals surface area contributed by atoms with E-state index in [9.17, 15) is 13.2 Å². The Morgan fingerprint density at radius 1 is 1.39 bits per heavy atom. The van der Waals surface area contributed by atoms with Crippen molar-refractivity contribution < 1.29 is 17.9 Å². The summed E-state index contributed by atoms with van der Waals surface area (Å²) in [5, 5.41) is 3.04. The number of likely N-dealkylation sites (tertiary alicyclic amines) is 1. The van der Waals surface area contributed by atoms with Gasteiger partial charge in [0.05, 0.1) is 0 Å². The molecule has 7 heteroatoms. The molecule has 0 unspecified atom stereocenters. The van der Waals surface area contributed by atoms with Crippen molar-refractivity contribution in [2.45, 2.75) is 32.9 Å². The number of alkyl halides is 2. The van der Waals surface area contributed by atoms with Gasteiger partial charge in [-0.05, 0) is 30.9 Å². The van der Waals surface area contributed by atoms with Crippen LogP contribution in [0, 0.1) is 11.7 Å². The van der Waals surface area contributed by atoms with Gasteiger partial charge in [-0.2, -0.15) is 8.78 Å². The van der Waals surface area contributed by atoms with Gasteiger partial charge in [0.25, 0.3) is 0 Å². The number of hydrogen-bond acceptors (Lipinski definition) is 2. The number of hydrogen-bond donors (Lipinski definition) is 1. The fourth-order valence-electron chi connectivity index (χ4n) is 2.64. The summed E-state index contributed by atoms with van der Waals surface area (Å²) in [6, 6.07) is 3.90. The van der Waals surface area contributed by atoms with Crippen LogP contribution in [0.2, 0.25) is 0 Å². The molecule has 0 saturated carbocycles. The predicted molar refractivity (Wildman–Crippen MR) is 83.2 cm³/mol. The average molecular weight is 329 g/mol. The second-order valence-corrected chi connectivity index (χ2v) is 5.67. The SMILES string of the molecule is CN=C(NCc1c(F)cccc1OC(F)F)N1CCC(C)CC1. The molecule has 0 amide bonds. The molecule has 2 rings (SSSR count). The van der Waals surface area contributed by atoms with Crippen molar-refractivity contribution in [2.75, 3.05) is 20.1 Å². The van der Waals surface area contributed by atoms with Crippen LogP contribution in [0.5, 0.6) is 5.75 Å². The minimum atomic E-state index is -2.99. The Labute approximate surface area is 134 Å². The molecule has 23 heavy (non-hydrogen) atoms. The summed E-state index contributed by atoms with van der Waals surface area (Å²) in [6.07, 6.45) is 2.14. The first-order valence-corrected chi connectivity index (χ1v) is 7.69. The number of benzene rings is 1. The van der Waals surface area contributed by atoms with Crippen molar-refractivity contribution in [2.24, 2.45) is 10.9 Å². The molecule has 1 heterocycles. The molecule has 1 fully saturated rings. The van der Waals surface area contributed by atoms with Crippen molar-refractivity contribution in [1.29, 1.82) is 0 Å². The number of guanidine groups is 1. The maximum Gasteiger partial charge on any atom is 0.387 e. The van der Waals surface area contributed by atoms with E-state index in [2.05, 4.69) is 26.9 Å². The van der Waals surface area contributed by atoms with Gasteiger partial charge in [-0.1, -0.05) is 13.0 Å². The quantitative estimate of drug-likeness (QED) is 0.681. The van der Waals surface area contributed by atoms with Gasteiger partial charge < -0.3 is 15.0 Å². The second kappa shape index (κ2) is 8.08. The van der Waals surface area contributed by atoms with Crippen molar-refractivity contribution in [1.82, 2.24) is 10.2 Å². The Kier molecular flexibility index (Phi) is 6.12. The molecule has 1 aliphatic rings. The van der Waals surface area contributed by atoms with E-state index in [-0.39, 0.29) is 17.9 Å². The van der Waals surface area contributed by atoms with Crippen molar-refractivity contribution in [3.05, 3.63) is 29.6 Å². The molecule has 0 bridgehead atoms. The minimum Gasteiger partial charge on any atom is -0.434 e. The third kappa shape index (κ3) is 4.77. The van der Waals surface area contributed by atoms with E-state index < -0.39 is 12.4 Å². The Morgan fingerprint density at radius 2 is 2.09 bits per heavy atom. The van der Waals surface area contributed by atoms with E-state index in [1.54, 1.807) is 7.05 Å². The monoisotopic (exact) mass is 329 g/mol. The Balaban J connectivity index is 2.04. The van der Waals surface area contributed by atoms with Crippen molar-refractivity contribution in [3.63, 3.8) is 0 Å². The molecule has 0 aromatic heterocycles. The van der Waals surface area contributed by atoms with E-state index >= 15 is 0 Å². The normalized spacial score (nSPS) is 16.8. The van der Waals surface area contributed by atoms with Gasteiger partial charge in [0.15, 0.2) is 5.96 Å². The Bertz CT molecular complexity index is 543. The Hall–Kier alpha value is -1.92. The van der Waals surface area contributed by atoms with E-state index in [0.717, 1.165) is 25.9 Å². The fourth-order valence-corrected chi connectivity index (χ4v) is 2.64. The summed E-state index contributed by atoms with van der Waals surface area (Å²) < 4.78 is 43.2. The van der Waals surface area contributed by atoms with Crippen LogP contribution in [-0.2, 0) is 6.54 Å². The van der Waals surface area contributed by atoms with E-state index in [1.165, 1.54) is 18.2 Å². The van der Waals surface area contributed by atoms with Gasteiger partial charge in [0.2, 0.25) is 0 Å². The maximum atomic E-state index is 13.9. The van der Waals surface area contributed by atoms with Crippen LogP contribution in [0.3, 0.4) is 0 Å². The molecule has 1 aromatic carbocycles. The first kappa shape index (κ1) is 17.4. The Morgan fingerprint density at radius 3 is 2.70 bits per heavy atom. The molecule has 0 aliphatic carbocycles. The summed E-state index contributed by atoms with van der Waals surface area (Å²) in [7, 11) is 1.65. The van der Waals surface area contributed by atoms with Crippen LogP contribution in [-0.4, -0.2) is 37.6 Å². The first-order chi connectivity index (χ1) is 11.0. The molecule has 0 spiro atoms. The number of piperidine rings is 1. The highest BCUT2D eigenvalue weighted by Crippen LogP contribution is 2.23. The predicted octanol–water partition coefficient (Wildman–Crippen LogP) is 3.23. The number of aliphatic imine (C=N–C) groups is 1. The number of halogens is 3. The lowest BCUT2D eigenvalue weighted by molar-refractivity contribution is -0.0506. The number of ether oxygens (including phenoxy) is 1. The van der Waals surface area contributed by atoms with Gasteiger partial charge in [-0.25, -0.2) is 4.39 Å². The fraction of sp³-hybridized carbons (Fsp3) is 0.562. The van der Waals surface area contributed by atoms with Crippen LogP contribution in [0.1, 0.15) is 25.3 Å². The molecule has 0 radical (unpaired) electrons. The lowest BCUT2D eigenvalue weighted by atomic mass is 9.99. The van der Waals surface area contributed by atoms with Gasteiger partial charge in [0.1, 0.15) is 11.6 Å². The standard InChI is InChI=1S/C16H22F3N3O/c1-11-6-8-22(9-7-11)16(20-2)21-10-12-13(17)4-3-5-14(12)23-15(18)19/h3-5,11,15H,6-10H2,1-2H3,(H,20,21). The molecule has 1 N–H and O–H groups in total. The maximum absolute atomic E-state index is 13.9. The molecule has 4 nitrogen and oxygen atoms in total. The van der Waals surface area contributed by atoms with Crippen molar-refractivity contribution >= 4 is 5.96 Å². The zero-order chi connectivity index (χ0) is 16.8. The molecular weight excluding hydrogens is 307 g/mol. The summed E-state index contributed by atoms with van der Waals surface area (Å²) in [5.41, 5.74) is 0.0688. The van der Waals surface area contributed by atoms with Crippen LogP contribution >= 0.6 is 0 Å². The van der Waals surface area contributed by atoms with Gasteiger partial charge in [-0.15, -0.1) is 0 Å². The van der Waals surface area contributed by atoms with Crippen molar-refractivity contribution in [3.8, 4) is 5.75 Å². The highest BCUT2D eigenvalue weighted by atomic mass is 19.3. The van der Waals surface area contributed by atoms with Crippen LogP contribution in [0.25, 0.3) is 0 Å². The van der Waals surface area contributed by atoms with Gasteiger partial charge >= 0.3 is 6.61 Å². The minimum absolute atomic E-state index is 0.0352. The lowest BCUT2D eigenvalue weighted by Crippen LogP contribution is -2.45. The molecular formula is C16H22F3N3O. The topological polar surface area (TPSA) is 36.9 Å². The highest BCUT2D eigenvalue weighted by Gasteiger charge is 2.20. The van der Waals surface area contributed by atoms with Crippen LogP contribution in [0.4, 0.5) is 13.2 Å². The zero-order valence-corrected chi connectivity index (χ0v) is 13.4. The van der Waals surface area contributed by atoms with E-state index in [0.29, 0.717) is 11.9 Å². The average Bonchev–Trinajstić information content (AvgIpc) is 2.51. The largest absolute Gasteiger partial charge is 0.434 e. The van der Waals surface area contributed by atoms with Crippen LogP contribution < -0.4 is 10.1 Å². The molecule has 1 aromatic rings. The number of nitrogens with zero attached hydrogens (tertiary/aromatic N) is 2. The smallest absolute Gasteiger partial charge is 0.387 e. The first-order valence-electron chi connectivity index (χ1n) is 7.69. The number of nitrogens with one attached hydrogen (secondary N) is 1. The molecule has 0 atom stereocenters. The van der Waals surface area contributed by atoms with Gasteiger partial charge in [0, 0.05) is 32.2 Å². The highest BCUT2D eigenvalue weighted by molar-refractivity contribution is 5.80.